The van der Waals surface area contributed by atoms with E-state index < -0.39 is 11.2 Å². The summed E-state index contributed by atoms with van der Waals surface area (Å²) in [5.74, 6) is 0.130. The normalized spacial score (nSPS) is 12.0. The van der Waals surface area contributed by atoms with Crippen molar-refractivity contribution in [3.05, 3.63) is 10.8 Å². The van der Waals surface area contributed by atoms with E-state index in [-0.39, 0.29) is 19.0 Å². The van der Waals surface area contributed by atoms with Gasteiger partial charge in [-0.25, -0.2) is 4.98 Å². The van der Waals surface area contributed by atoms with Gasteiger partial charge in [0, 0.05) is 6.61 Å². The zero-order chi connectivity index (χ0) is 11.3. The van der Waals surface area contributed by atoms with Gasteiger partial charge < -0.3 is 10.4 Å². The molecule has 0 amide bonds. The number of alkyl halides is 3. The van der Waals surface area contributed by atoms with Crippen molar-refractivity contribution in [1.29, 1.82) is 0 Å². The molecule has 0 aliphatic heterocycles. The van der Waals surface area contributed by atoms with E-state index in [9.17, 15) is 13.2 Å². The first-order valence-corrected chi connectivity index (χ1v) is 5.02. The third-order valence-electron chi connectivity index (χ3n) is 1.51. The van der Waals surface area contributed by atoms with Crippen molar-refractivity contribution in [3.8, 4) is 0 Å². The summed E-state index contributed by atoms with van der Waals surface area (Å²) in [5.41, 5.74) is 0. The van der Waals surface area contributed by atoms with Gasteiger partial charge in [0.2, 0.25) is 5.01 Å². The third-order valence-corrected chi connectivity index (χ3v) is 2.30. The highest BCUT2D eigenvalue weighted by Gasteiger charge is 2.35. The van der Waals surface area contributed by atoms with Crippen molar-refractivity contribution in [2.24, 2.45) is 0 Å². The molecule has 0 spiro atoms. The lowest BCUT2D eigenvalue weighted by atomic mass is 10.4. The topological polar surface area (TPSA) is 58.0 Å². The van der Waals surface area contributed by atoms with Gasteiger partial charge in [-0.1, -0.05) is 0 Å². The second-order valence-corrected chi connectivity index (χ2v) is 3.52. The van der Waals surface area contributed by atoms with Gasteiger partial charge in [-0.05, 0) is 24.5 Å². The van der Waals surface area contributed by atoms with E-state index in [1.165, 1.54) is 0 Å². The van der Waals surface area contributed by atoms with E-state index in [1.54, 1.807) is 0 Å². The maximum atomic E-state index is 12.1. The van der Waals surface area contributed by atoms with Crippen LogP contribution in [0.4, 0.5) is 13.2 Å². The summed E-state index contributed by atoms with van der Waals surface area (Å²) in [6.07, 6.45) is -3.86. The Bertz CT molecular complexity index is 302. The molecule has 0 atom stereocenters. The lowest BCUT2D eigenvalue weighted by molar-refractivity contribution is -0.137. The first-order chi connectivity index (χ1) is 7.04. The molecular weight excluding hydrogens is 231 g/mol. The quantitative estimate of drug-likeness (QED) is 0.756. The van der Waals surface area contributed by atoms with Crippen molar-refractivity contribution in [2.75, 3.05) is 13.2 Å². The molecule has 0 aliphatic rings. The van der Waals surface area contributed by atoms with Crippen molar-refractivity contribution >= 4 is 11.5 Å². The number of nitrogens with zero attached hydrogens (tertiary/aromatic N) is 2. The number of aromatic nitrogens is 2. The minimum Gasteiger partial charge on any atom is -0.396 e. The van der Waals surface area contributed by atoms with Gasteiger partial charge in [0.1, 0.15) is 0 Å². The summed E-state index contributed by atoms with van der Waals surface area (Å²) in [4.78, 5) is 3.34. The van der Waals surface area contributed by atoms with E-state index in [1.807, 2.05) is 0 Å². The number of aliphatic hydroxyl groups is 1. The maximum absolute atomic E-state index is 12.1. The SMILES string of the molecule is OCCCNCc1nsc(C(F)(F)F)n1. The van der Waals surface area contributed by atoms with Gasteiger partial charge in [-0.3, -0.25) is 0 Å². The molecule has 1 heterocycles. The number of nitrogens with one attached hydrogen (secondary N) is 1. The number of rotatable bonds is 5. The molecule has 0 unspecified atom stereocenters. The summed E-state index contributed by atoms with van der Waals surface area (Å²) in [5, 5.41) is 10.3. The molecule has 0 radical (unpaired) electrons. The maximum Gasteiger partial charge on any atom is 0.444 e. The van der Waals surface area contributed by atoms with E-state index in [0.29, 0.717) is 24.5 Å². The van der Waals surface area contributed by atoms with E-state index in [2.05, 4.69) is 14.7 Å². The molecule has 0 aromatic carbocycles. The summed E-state index contributed by atoms with van der Waals surface area (Å²) in [6.45, 7) is 0.759. The molecule has 8 heteroatoms. The van der Waals surface area contributed by atoms with Crippen LogP contribution in [0.2, 0.25) is 0 Å². The van der Waals surface area contributed by atoms with Crippen LogP contribution in [0.1, 0.15) is 17.3 Å². The first kappa shape index (κ1) is 12.3. The minimum absolute atomic E-state index is 0.0469. The highest BCUT2D eigenvalue weighted by atomic mass is 32.1. The van der Waals surface area contributed by atoms with Crippen LogP contribution in [0.5, 0.6) is 0 Å². The average Bonchev–Trinajstić information content (AvgIpc) is 2.60. The number of halogens is 3. The molecule has 0 aliphatic carbocycles. The molecule has 1 aromatic heterocycles. The van der Waals surface area contributed by atoms with Gasteiger partial charge >= 0.3 is 6.18 Å². The molecule has 1 aromatic rings. The van der Waals surface area contributed by atoms with Crippen LogP contribution in [0.25, 0.3) is 0 Å². The fraction of sp³-hybridized carbons (Fsp3) is 0.714. The standard InChI is InChI=1S/C7H10F3N3OS/c8-7(9,10)6-12-5(13-15-6)4-11-2-1-3-14/h11,14H,1-4H2. The van der Waals surface area contributed by atoms with Crippen LogP contribution < -0.4 is 5.32 Å². The molecule has 4 nitrogen and oxygen atoms in total. The van der Waals surface area contributed by atoms with Gasteiger partial charge in [0.25, 0.3) is 0 Å². The molecule has 0 saturated carbocycles. The smallest absolute Gasteiger partial charge is 0.396 e. The summed E-state index contributed by atoms with van der Waals surface area (Å²) in [6, 6.07) is 0. The molecule has 15 heavy (non-hydrogen) atoms. The molecule has 0 saturated heterocycles. The fourth-order valence-corrected chi connectivity index (χ4v) is 1.39. The number of hydrogen-bond acceptors (Lipinski definition) is 5. The molecule has 2 N–H and O–H groups in total. The van der Waals surface area contributed by atoms with Gasteiger partial charge in [0.05, 0.1) is 6.54 Å². The summed E-state index contributed by atoms with van der Waals surface area (Å²) < 4.78 is 39.9. The predicted octanol–water partition coefficient (Wildman–Crippen LogP) is 1.03. The van der Waals surface area contributed by atoms with Gasteiger partial charge in [-0.15, -0.1) is 0 Å². The Labute approximate surface area is 88.3 Å². The van der Waals surface area contributed by atoms with Crippen LogP contribution in [-0.4, -0.2) is 27.6 Å². The van der Waals surface area contributed by atoms with Crippen LogP contribution in [0, 0.1) is 0 Å². The molecule has 0 bridgehead atoms. The fourth-order valence-electron chi connectivity index (χ4n) is 0.845. The predicted molar refractivity (Wildman–Crippen MR) is 48.3 cm³/mol. The monoisotopic (exact) mass is 241 g/mol. The number of hydrogen-bond donors (Lipinski definition) is 2. The second kappa shape index (κ2) is 5.38. The van der Waals surface area contributed by atoms with Crippen molar-refractivity contribution in [3.63, 3.8) is 0 Å². The lowest BCUT2D eigenvalue weighted by Crippen LogP contribution is -2.16. The summed E-state index contributed by atoms with van der Waals surface area (Å²) in [7, 11) is 0. The van der Waals surface area contributed by atoms with Crippen LogP contribution in [0.15, 0.2) is 0 Å². The van der Waals surface area contributed by atoms with Crippen molar-refractivity contribution < 1.29 is 18.3 Å². The Balaban J connectivity index is 2.40. The van der Waals surface area contributed by atoms with E-state index in [4.69, 9.17) is 5.11 Å². The highest BCUT2D eigenvalue weighted by Crippen LogP contribution is 2.30. The van der Waals surface area contributed by atoms with E-state index in [0.717, 1.165) is 0 Å². The Morgan fingerprint density at radius 1 is 1.40 bits per heavy atom. The largest absolute Gasteiger partial charge is 0.444 e. The molecule has 0 fully saturated rings. The average molecular weight is 241 g/mol. The minimum atomic E-state index is -4.42. The first-order valence-electron chi connectivity index (χ1n) is 4.25. The van der Waals surface area contributed by atoms with Crippen LogP contribution in [0.3, 0.4) is 0 Å². The molecule has 86 valence electrons. The highest BCUT2D eigenvalue weighted by molar-refractivity contribution is 7.05. The van der Waals surface area contributed by atoms with E-state index >= 15 is 0 Å². The Hall–Kier alpha value is -0.730. The van der Waals surface area contributed by atoms with Crippen molar-refractivity contribution in [2.45, 2.75) is 19.1 Å². The van der Waals surface area contributed by atoms with Gasteiger partial charge in [0.15, 0.2) is 5.82 Å². The zero-order valence-corrected chi connectivity index (χ0v) is 8.53. The van der Waals surface area contributed by atoms with Crippen LogP contribution >= 0.6 is 11.5 Å². The Morgan fingerprint density at radius 2 is 2.13 bits per heavy atom. The number of aliphatic hydroxyl groups excluding tert-OH is 1. The Kier molecular flexibility index (Phi) is 4.43. The van der Waals surface area contributed by atoms with Crippen molar-refractivity contribution in [1.82, 2.24) is 14.7 Å². The third kappa shape index (κ3) is 4.10. The summed E-state index contributed by atoms with van der Waals surface area (Å²) >= 11 is 0.345. The Morgan fingerprint density at radius 3 is 2.67 bits per heavy atom. The lowest BCUT2D eigenvalue weighted by Gasteiger charge is -1.99. The van der Waals surface area contributed by atoms with Crippen LogP contribution in [-0.2, 0) is 12.7 Å². The zero-order valence-electron chi connectivity index (χ0n) is 7.71. The van der Waals surface area contributed by atoms with Gasteiger partial charge in [-0.2, -0.15) is 17.5 Å². The second-order valence-electron chi connectivity index (χ2n) is 2.77. The molecule has 1 rings (SSSR count). The molecular formula is C7H10F3N3OS.